The van der Waals surface area contributed by atoms with E-state index in [1.165, 1.54) is 24.9 Å². The molecule has 0 radical (unpaired) electrons. The number of nitrogens with zero attached hydrogens (tertiary/aromatic N) is 2. The first-order chi connectivity index (χ1) is 13.6. The zero-order chi connectivity index (χ0) is 19.9. The average Bonchev–Trinajstić information content (AvgIpc) is 2.73. The fraction of sp³-hybridized carbons (Fsp3) is 0.304. The third-order valence-electron chi connectivity index (χ3n) is 5.01. The van der Waals surface area contributed by atoms with E-state index >= 15 is 0 Å². The Morgan fingerprint density at radius 3 is 2.46 bits per heavy atom. The second-order valence-electron chi connectivity index (χ2n) is 7.03. The predicted octanol–water partition coefficient (Wildman–Crippen LogP) is 5.11. The monoisotopic (exact) mass is 393 g/mol. The number of halogens is 1. The maximum absolute atomic E-state index is 12.5. The molecule has 1 aliphatic rings. The minimum absolute atomic E-state index is 0.0737. The van der Waals surface area contributed by atoms with Crippen molar-refractivity contribution in [1.29, 1.82) is 5.26 Å². The van der Waals surface area contributed by atoms with Crippen molar-refractivity contribution in [2.45, 2.75) is 32.2 Å². The van der Waals surface area contributed by atoms with Crippen LogP contribution in [0.25, 0.3) is 6.08 Å². The van der Waals surface area contributed by atoms with Crippen LogP contribution in [0, 0.1) is 11.3 Å². The number of carbonyl (C=O) groups is 1. The van der Waals surface area contributed by atoms with E-state index in [1.54, 1.807) is 12.1 Å². The molecule has 0 aliphatic carbocycles. The van der Waals surface area contributed by atoms with Crippen molar-refractivity contribution < 1.29 is 4.79 Å². The van der Waals surface area contributed by atoms with Gasteiger partial charge in [0.05, 0.1) is 6.04 Å². The molecule has 0 aromatic heterocycles. The number of hydrogen-bond acceptors (Lipinski definition) is 3. The van der Waals surface area contributed by atoms with E-state index in [-0.39, 0.29) is 11.6 Å². The lowest BCUT2D eigenvalue weighted by Crippen LogP contribution is -2.29. The minimum Gasteiger partial charge on any atom is -0.372 e. The first kappa shape index (κ1) is 20.0. The highest BCUT2D eigenvalue weighted by atomic mass is 35.5. The lowest BCUT2D eigenvalue weighted by molar-refractivity contribution is -0.117. The zero-order valence-electron chi connectivity index (χ0n) is 16.0. The van der Waals surface area contributed by atoms with Crippen LogP contribution in [0.1, 0.15) is 43.4 Å². The Morgan fingerprint density at radius 2 is 1.82 bits per heavy atom. The first-order valence-corrected chi connectivity index (χ1v) is 9.98. The van der Waals surface area contributed by atoms with Crippen LogP contribution in [0.2, 0.25) is 5.02 Å². The molecule has 28 heavy (non-hydrogen) atoms. The van der Waals surface area contributed by atoms with Gasteiger partial charge in [-0.1, -0.05) is 41.9 Å². The molecule has 1 fully saturated rings. The third kappa shape index (κ3) is 4.94. The Kier molecular flexibility index (Phi) is 6.73. The van der Waals surface area contributed by atoms with Crippen molar-refractivity contribution in [3.05, 3.63) is 70.3 Å². The number of piperidine rings is 1. The zero-order valence-corrected chi connectivity index (χ0v) is 16.7. The van der Waals surface area contributed by atoms with Gasteiger partial charge in [0.2, 0.25) is 0 Å². The lowest BCUT2D eigenvalue weighted by Gasteiger charge is -2.28. The molecule has 0 bridgehead atoms. The van der Waals surface area contributed by atoms with E-state index in [1.807, 2.05) is 43.3 Å². The van der Waals surface area contributed by atoms with E-state index in [0.29, 0.717) is 5.02 Å². The van der Waals surface area contributed by atoms with E-state index < -0.39 is 5.91 Å². The highest BCUT2D eigenvalue weighted by Gasteiger charge is 2.16. The number of rotatable bonds is 5. The van der Waals surface area contributed by atoms with Crippen LogP contribution >= 0.6 is 11.6 Å². The number of amides is 1. The SMILES string of the molecule is CC(NC(=O)C(C#N)=Cc1ccc(N2CCCCC2)cc1)c1ccccc1Cl. The first-order valence-electron chi connectivity index (χ1n) is 9.60. The maximum atomic E-state index is 12.5. The summed E-state index contributed by atoms with van der Waals surface area (Å²) >= 11 is 6.19. The second kappa shape index (κ2) is 9.43. The van der Waals surface area contributed by atoms with Crippen molar-refractivity contribution >= 4 is 29.3 Å². The summed E-state index contributed by atoms with van der Waals surface area (Å²) in [5.41, 5.74) is 2.91. The van der Waals surface area contributed by atoms with Crippen LogP contribution in [0.15, 0.2) is 54.1 Å². The van der Waals surface area contributed by atoms with Gasteiger partial charge in [0, 0.05) is 23.8 Å². The summed E-state index contributed by atoms with van der Waals surface area (Å²) in [6, 6.07) is 17.1. The molecule has 0 saturated carbocycles. The topological polar surface area (TPSA) is 56.1 Å². The van der Waals surface area contributed by atoms with Crippen LogP contribution in [0.3, 0.4) is 0 Å². The highest BCUT2D eigenvalue weighted by molar-refractivity contribution is 6.31. The van der Waals surface area contributed by atoms with Gasteiger partial charge in [-0.15, -0.1) is 0 Å². The van der Waals surface area contributed by atoms with Gasteiger partial charge in [-0.3, -0.25) is 4.79 Å². The number of nitrogens with one attached hydrogen (secondary N) is 1. The normalized spacial score (nSPS) is 15.6. The number of nitriles is 1. The summed E-state index contributed by atoms with van der Waals surface area (Å²) in [4.78, 5) is 14.9. The Morgan fingerprint density at radius 1 is 1.14 bits per heavy atom. The number of carbonyl (C=O) groups excluding carboxylic acids is 1. The molecule has 4 nitrogen and oxygen atoms in total. The Hall–Kier alpha value is -2.77. The molecule has 1 amide bonds. The molecule has 1 unspecified atom stereocenters. The molecule has 1 atom stereocenters. The number of anilines is 1. The van der Waals surface area contributed by atoms with E-state index in [9.17, 15) is 10.1 Å². The molecule has 2 aromatic rings. The van der Waals surface area contributed by atoms with Crippen LogP contribution in [0.5, 0.6) is 0 Å². The largest absolute Gasteiger partial charge is 0.372 e. The molecule has 0 spiro atoms. The van der Waals surface area contributed by atoms with Gasteiger partial charge in [0.1, 0.15) is 11.6 Å². The summed E-state index contributed by atoms with van der Waals surface area (Å²) in [5.74, 6) is -0.407. The summed E-state index contributed by atoms with van der Waals surface area (Å²) in [5, 5.41) is 12.9. The Balaban J connectivity index is 1.69. The standard InChI is InChI=1S/C23H24ClN3O/c1-17(21-7-3-4-8-22(21)24)26-23(28)19(16-25)15-18-9-11-20(12-10-18)27-13-5-2-6-14-27/h3-4,7-12,15,17H,2,5-6,13-14H2,1H3,(H,26,28). The number of hydrogen-bond donors (Lipinski definition) is 1. The van der Waals surface area contributed by atoms with Crippen molar-refractivity contribution in [1.82, 2.24) is 5.32 Å². The number of benzene rings is 2. The van der Waals surface area contributed by atoms with Gasteiger partial charge in [-0.2, -0.15) is 5.26 Å². The Labute approximate surface area is 171 Å². The van der Waals surface area contributed by atoms with Crippen molar-refractivity contribution in [2.24, 2.45) is 0 Å². The van der Waals surface area contributed by atoms with Gasteiger partial charge in [0.25, 0.3) is 5.91 Å². The molecular formula is C23H24ClN3O. The predicted molar refractivity (Wildman–Crippen MR) is 114 cm³/mol. The van der Waals surface area contributed by atoms with Crippen molar-refractivity contribution in [3.63, 3.8) is 0 Å². The fourth-order valence-corrected chi connectivity index (χ4v) is 3.73. The average molecular weight is 394 g/mol. The fourth-order valence-electron chi connectivity index (χ4n) is 3.43. The van der Waals surface area contributed by atoms with Crippen LogP contribution < -0.4 is 10.2 Å². The second-order valence-corrected chi connectivity index (χ2v) is 7.43. The highest BCUT2D eigenvalue weighted by Crippen LogP contribution is 2.23. The Bertz CT molecular complexity index is 893. The van der Waals surface area contributed by atoms with Crippen molar-refractivity contribution in [2.75, 3.05) is 18.0 Å². The third-order valence-corrected chi connectivity index (χ3v) is 5.35. The van der Waals surface area contributed by atoms with E-state index in [0.717, 1.165) is 24.2 Å². The molecule has 144 valence electrons. The summed E-state index contributed by atoms with van der Waals surface area (Å²) < 4.78 is 0. The van der Waals surface area contributed by atoms with Crippen LogP contribution in [-0.2, 0) is 4.79 Å². The lowest BCUT2D eigenvalue weighted by atomic mass is 10.1. The van der Waals surface area contributed by atoms with Gasteiger partial charge >= 0.3 is 0 Å². The minimum atomic E-state index is -0.407. The van der Waals surface area contributed by atoms with E-state index in [2.05, 4.69) is 22.3 Å². The molecule has 5 heteroatoms. The van der Waals surface area contributed by atoms with Gasteiger partial charge in [-0.05, 0) is 61.6 Å². The molecule has 2 aromatic carbocycles. The quantitative estimate of drug-likeness (QED) is 0.567. The summed E-state index contributed by atoms with van der Waals surface area (Å²) in [7, 11) is 0. The summed E-state index contributed by atoms with van der Waals surface area (Å²) in [6.07, 6.45) is 5.37. The van der Waals surface area contributed by atoms with Crippen molar-refractivity contribution in [3.8, 4) is 6.07 Å². The smallest absolute Gasteiger partial charge is 0.262 e. The molecule has 1 N–H and O–H groups in total. The molecule has 3 rings (SSSR count). The van der Waals surface area contributed by atoms with Crippen LogP contribution in [-0.4, -0.2) is 19.0 Å². The molecule has 1 saturated heterocycles. The summed E-state index contributed by atoms with van der Waals surface area (Å²) in [6.45, 7) is 4.02. The molecular weight excluding hydrogens is 370 g/mol. The van der Waals surface area contributed by atoms with E-state index in [4.69, 9.17) is 11.6 Å². The molecule has 1 aliphatic heterocycles. The van der Waals surface area contributed by atoms with Gasteiger partial charge in [-0.25, -0.2) is 0 Å². The van der Waals surface area contributed by atoms with Gasteiger partial charge < -0.3 is 10.2 Å². The maximum Gasteiger partial charge on any atom is 0.262 e. The van der Waals surface area contributed by atoms with Crippen LogP contribution in [0.4, 0.5) is 5.69 Å². The molecule has 1 heterocycles. The van der Waals surface area contributed by atoms with Gasteiger partial charge in [0.15, 0.2) is 0 Å².